The summed E-state index contributed by atoms with van der Waals surface area (Å²) in [7, 11) is 0. The molecule has 2 aliphatic rings. The molecule has 1 amide bonds. The summed E-state index contributed by atoms with van der Waals surface area (Å²) in [4.78, 5) is 14.8. The number of hydrogen-bond donors (Lipinski definition) is 1. The number of nitrogens with zero attached hydrogens (tertiary/aromatic N) is 1. The van der Waals surface area contributed by atoms with Gasteiger partial charge in [-0.3, -0.25) is 4.79 Å². The van der Waals surface area contributed by atoms with Crippen LogP contribution in [0.2, 0.25) is 0 Å². The highest BCUT2D eigenvalue weighted by molar-refractivity contribution is 5.91. The predicted molar refractivity (Wildman–Crippen MR) is 83.0 cm³/mol. The number of amides is 1. The lowest BCUT2D eigenvalue weighted by atomic mass is 9.91. The molecule has 0 spiro atoms. The Balaban J connectivity index is 0.00000147. The predicted octanol–water partition coefficient (Wildman–Crippen LogP) is 2.34. The Morgan fingerprint density at radius 3 is 2.30 bits per heavy atom. The van der Waals surface area contributed by atoms with Gasteiger partial charge in [0.15, 0.2) is 0 Å². The van der Waals surface area contributed by atoms with E-state index in [2.05, 4.69) is 17.0 Å². The maximum Gasteiger partial charge on any atom is 0.233 e. The number of benzene rings is 1. The molecule has 1 saturated heterocycles. The van der Waals surface area contributed by atoms with Gasteiger partial charge in [-0.15, -0.1) is 12.4 Å². The third-order valence-electron chi connectivity index (χ3n) is 4.72. The topological polar surface area (TPSA) is 46.3 Å². The first kappa shape index (κ1) is 15.3. The van der Waals surface area contributed by atoms with Crippen molar-refractivity contribution in [1.29, 1.82) is 0 Å². The summed E-state index contributed by atoms with van der Waals surface area (Å²) in [5, 5.41) is 0. The highest BCUT2D eigenvalue weighted by atomic mass is 35.5. The Labute approximate surface area is 126 Å². The van der Waals surface area contributed by atoms with E-state index in [1.54, 1.807) is 0 Å². The van der Waals surface area contributed by atoms with Gasteiger partial charge in [0.25, 0.3) is 0 Å². The minimum absolute atomic E-state index is 0. The maximum absolute atomic E-state index is 12.8. The highest BCUT2D eigenvalue weighted by Gasteiger charge is 2.53. The fourth-order valence-electron chi connectivity index (χ4n) is 3.18. The summed E-state index contributed by atoms with van der Waals surface area (Å²) >= 11 is 0. The quantitative estimate of drug-likeness (QED) is 0.930. The molecule has 2 N–H and O–H groups in total. The van der Waals surface area contributed by atoms with E-state index < -0.39 is 0 Å². The molecule has 0 atom stereocenters. The molecule has 0 aromatic heterocycles. The van der Waals surface area contributed by atoms with Crippen LogP contribution in [0.25, 0.3) is 0 Å². The van der Waals surface area contributed by atoms with E-state index in [9.17, 15) is 4.79 Å². The number of carbonyl (C=O) groups is 1. The van der Waals surface area contributed by atoms with Gasteiger partial charge < -0.3 is 10.6 Å². The first-order valence-corrected chi connectivity index (χ1v) is 7.31. The lowest BCUT2D eigenvalue weighted by molar-refractivity contribution is -0.135. The van der Waals surface area contributed by atoms with Gasteiger partial charge in [0.05, 0.1) is 5.41 Å². The summed E-state index contributed by atoms with van der Waals surface area (Å²) in [6, 6.07) is 10.3. The summed E-state index contributed by atoms with van der Waals surface area (Å²) < 4.78 is 0. The molecular formula is C16H23ClN2O. The molecule has 0 radical (unpaired) electrons. The number of likely N-dealkylation sites (tertiary alicyclic amines) is 1. The fraction of sp³-hybridized carbons (Fsp3) is 0.562. The molecule has 2 fully saturated rings. The van der Waals surface area contributed by atoms with Crippen molar-refractivity contribution < 1.29 is 4.79 Å². The molecule has 1 saturated carbocycles. The van der Waals surface area contributed by atoms with Crippen LogP contribution in [0.5, 0.6) is 0 Å². The van der Waals surface area contributed by atoms with E-state index in [0.717, 1.165) is 45.3 Å². The van der Waals surface area contributed by atoms with Crippen LogP contribution in [0.4, 0.5) is 0 Å². The van der Waals surface area contributed by atoms with Crippen molar-refractivity contribution in [1.82, 2.24) is 4.90 Å². The summed E-state index contributed by atoms with van der Waals surface area (Å²) in [6.45, 7) is 2.52. The second kappa shape index (κ2) is 6.15. The molecule has 1 aromatic rings. The molecule has 1 aliphatic carbocycles. The molecular weight excluding hydrogens is 272 g/mol. The van der Waals surface area contributed by atoms with Gasteiger partial charge in [0.1, 0.15) is 0 Å². The summed E-state index contributed by atoms with van der Waals surface area (Å²) in [5.41, 5.74) is 6.71. The van der Waals surface area contributed by atoms with E-state index in [1.165, 1.54) is 5.56 Å². The van der Waals surface area contributed by atoms with Gasteiger partial charge in [0.2, 0.25) is 5.91 Å². The van der Waals surface area contributed by atoms with Crippen LogP contribution >= 0.6 is 12.4 Å². The third kappa shape index (κ3) is 2.70. The van der Waals surface area contributed by atoms with Crippen molar-refractivity contribution in [3.63, 3.8) is 0 Å². The Hall–Kier alpha value is -1.06. The second-order valence-corrected chi connectivity index (χ2v) is 5.92. The Morgan fingerprint density at radius 2 is 1.80 bits per heavy atom. The zero-order valence-corrected chi connectivity index (χ0v) is 12.6. The largest absolute Gasteiger partial charge is 0.342 e. The Kier molecular flexibility index (Phi) is 4.71. The van der Waals surface area contributed by atoms with Crippen molar-refractivity contribution in [3.05, 3.63) is 35.9 Å². The van der Waals surface area contributed by atoms with Crippen LogP contribution in [0.3, 0.4) is 0 Å². The van der Waals surface area contributed by atoms with E-state index >= 15 is 0 Å². The average molecular weight is 295 g/mol. The molecule has 3 nitrogen and oxygen atoms in total. The van der Waals surface area contributed by atoms with Crippen molar-refractivity contribution in [2.45, 2.75) is 31.1 Å². The minimum Gasteiger partial charge on any atom is -0.342 e. The number of hydrogen-bond acceptors (Lipinski definition) is 2. The van der Waals surface area contributed by atoms with Crippen molar-refractivity contribution >= 4 is 18.3 Å². The monoisotopic (exact) mass is 294 g/mol. The normalized spacial score (nSPS) is 21.1. The molecule has 20 heavy (non-hydrogen) atoms. The number of carbonyl (C=O) groups excluding carboxylic acids is 1. The molecule has 110 valence electrons. The lowest BCUT2D eigenvalue weighted by Crippen LogP contribution is -2.44. The van der Waals surface area contributed by atoms with Gasteiger partial charge >= 0.3 is 0 Å². The van der Waals surface area contributed by atoms with Gasteiger partial charge in [-0.25, -0.2) is 0 Å². The zero-order valence-electron chi connectivity index (χ0n) is 11.8. The lowest BCUT2D eigenvalue weighted by Gasteiger charge is -2.34. The summed E-state index contributed by atoms with van der Waals surface area (Å²) in [5.74, 6) is 0.949. The Morgan fingerprint density at radius 1 is 1.20 bits per heavy atom. The first-order chi connectivity index (χ1) is 9.26. The van der Waals surface area contributed by atoms with E-state index in [4.69, 9.17) is 5.73 Å². The molecule has 3 rings (SSSR count). The van der Waals surface area contributed by atoms with Crippen LogP contribution < -0.4 is 5.73 Å². The Bertz CT molecular complexity index is 451. The first-order valence-electron chi connectivity index (χ1n) is 7.31. The van der Waals surface area contributed by atoms with Crippen molar-refractivity contribution in [2.24, 2.45) is 11.7 Å². The molecule has 0 unspecified atom stereocenters. The number of piperidine rings is 1. The summed E-state index contributed by atoms with van der Waals surface area (Å²) in [6.07, 6.45) is 4.14. The van der Waals surface area contributed by atoms with E-state index in [0.29, 0.717) is 11.8 Å². The highest BCUT2D eigenvalue weighted by Crippen LogP contribution is 2.49. The van der Waals surface area contributed by atoms with E-state index in [-0.39, 0.29) is 17.8 Å². The van der Waals surface area contributed by atoms with Crippen LogP contribution in [0.15, 0.2) is 30.3 Å². The standard InChI is InChI=1S/C16H22N2O.ClH/c17-12-13-6-10-18(11-7-13)15(19)16(8-9-16)14-4-2-1-3-5-14;/h1-5,13H,6-12,17H2;1H. The molecule has 1 aromatic carbocycles. The third-order valence-corrected chi connectivity index (χ3v) is 4.72. The van der Waals surface area contributed by atoms with Gasteiger partial charge in [-0.05, 0) is 43.7 Å². The molecule has 1 aliphatic heterocycles. The van der Waals surface area contributed by atoms with Crippen molar-refractivity contribution in [3.8, 4) is 0 Å². The average Bonchev–Trinajstić information content (AvgIpc) is 3.29. The van der Waals surface area contributed by atoms with Crippen molar-refractivity contribution in [2.75, 3.05) is 19.6 Å². The number of halogens is 1. The number of nitrogens with two attached hydrogens (primary N) is 1. The molecule has 4 heteroatoms. The smallest absolute Gasteiger partial charge is 0.233 e. The fourth-order valence-corrected chi connectivity index (χ4v) is 3.18. The van der Waals surface area contributed by atoms with Crippen LogP contribution in [0, 0.1) is 5.92 Å². The van der Waals surface area contributed by atoms with Gasteiger partial charge in [0, 0.05) is 13.1 Å². The van der Waals surface area contributed by atoms with Crippen LogP contribution in [-0.4, -0.2) is 30.4 Å². The molecule has 1 heterocycles. The van der Waals surface area contributed by atoms with E-state index in [1.807, 2.05) is 18.2 Å². The second-order valence-electron chi connectivity index (χ2n) is 5.92. The SMILES string of the molecule is Cl.NCC1CCN(C(=O)C2(c3ccccc3)CC2)CC1. The zero-order chi connectivity index (χ0) is 13.3. The molecule has 0 bridgehead atoms. The maximum atomic E-state index is 12.8. The van der Waals surface area contributed by atoms with Gasteiger partial charge in [-0.1, -0.05) is 30.3 Å². The number of rotatable bonds is 3. The van der Waals surface area contributed by atoms with Crippen LogP contribution in [0.1, 0.15) is 31.2 Å². The van der Waals surface area contributed by atoms with Crippen LogP contribution in [-0.2, 0) is 10.2 Å². The minimum atomic E-state index is -0.198. The van der Waals surface area contributed by atoms with Gasteiger partial charge in [-0.2, -0.15) is 0 Å².